The van der Waals surface area contributed by atoms with E-state index in [2.05, 4.69) is 22.0 Å². The van der Waals surface area contributed by atoms with E-state index in [9.17, 15) is 19.1 Å². The number of nitrogens with one attached hydrogen (secondary N) is 1. The van der Waals surface area contributed by atoms with Crippen molar-refractivity contribution in [2.24, 2.45) is 17.8 Å². The molecule has 0 saturated carbocycles. The topological polar surface area (TPSA) is 126 Å². The molecule has 212 valence electrons. The molecule has 2 amide bonds. The van der Waals surface area contributed by atoms with Crippen molar-refractivity contribution in [1.82, 2.24) is 9.78 Å². The monoisotopic (exact) mass is 556 g/mol. The summed E-state index contributed by atoms with van der Waals surface area (Å²) in [5.41, 5.74) is 11.4. The fraction of sp³-hybridized carbons (Fsp3) is 0.226. The zero-order valence-corrected chi connectivity index (χ0v) is 23.3. The number of carbonyl (C=O) groups excluding carboxylic acids is 2. The molecule has 0 unspecified atom stereocenters. The molecule has 1 aliphatic heterocycles. The Morgan fingerprint density at radius 1 is 1.27 bits per heavy atom. The number of halogens is 1. The lowest BCUT2D eigenvalue weighted by Gasteiger charge is -2.27. The lowest BCUT2D eigenvalue weighted by atomic mass is 9.86. The first-order chi connectivity index (χ1) is 19.6. The molecule has 1 aromatic heterocycles. The number of aryl methyl sites for hydroxylation is 1. The molecule has 2 aromatic carbocycles. The van der Waals surface area contributed by atoms with Crippen LogP contribution in [0.2, 0.25) is 0 Å². The van der Waals surface area contributed by atoms with Crippen LogP contribution in [0.25, 0.3) is 11.1 Å². The Morgan fingerprint density at radius 2 is 2.05 bits per heavy atom. The van der Waals surface area contributed by atoms with E-state index in [-0.39, 0.29) is 24.9 Å². The highest BCUT2D eigenvalue weighted by atomic mass is 19.1. The van der Waals surface area contributed by atoms with Crippen LogP contribution in [0.3, 0.4) is 0 Å². The van der Waals surface area contributed by atoms with Crippen molar-refractivity contribution in [3.8, 4) is 11.1 Å². The van der Waals surface area contributed by atoms with Crippen LogP contribution in [-0.2, 0) is 25.0 Å². The Hall–Kier alpha value is -4.83. The molecule has 4 N–H and O–H groups in total. The molecule has 0 atom stereocenters. The quantitative estimate of drug-likeness (QED) is 0.300. The minimum atomic E-state index is -0.565. The number of anilines is 2. The minimum absolute atomic E-state index is 0.0363. The van der Waals surface area contributed by atoms with Gasteiger partial charge in [0.1, 0.15) is 12.2 Å². The molecule has 0 spiro atoms. The number of aliphatic hydroxyl groups is 1. The van der Waals surface area contributed by atoms with Gasteiger partial charge in [-0.25, -0.2) is 9.38 Å². The van der Waals surface area contributed by atoms with Gasteiger partial charge in [0.25, 0.3) is 5.91 Å². The summed E-state index contributed by atoms with van der Waals surface area (Å²) in [6, 6.07) is 8.89. The third-order valence-electron chi connectivity index (χ3n) is 6.75. The third-order valence-corrected chi connectivity index (χ3v) is 6.75. The first-order valence-electron chi connectivity index (χ1n) is 13.1. The standard InChI is InChI=1S/C31H33FN6O3/c1-5-21(32)9-10-22-13-28(40)38(18-35-22)27-8-6-7-23(26(27)17-39)24-11-12-25(31(33)41)30(29(24)19(2)3)34-14-20-15-36-37(4)16-20/h5-12,15-16,18-19,34,39H,1,13-14,17H2,2-4H3,(H2,33,41)/b21-9+,22-10+. The van der Waals surface area contributed by atoms with Crippen LogP contribution in [-0.4, -0.2) is 33.0 Å². The fourth-order valence-corrected chi connectivity index (χ4v) is 4.85. The van der Waals surface area contributed by atoms with Crippen molar-refractivity contribution in [3.05, 3.63) is 101 Å². The first kappa shape index (κ1) is 29.2. The maximum absolute atomic E-state index is 13.4. The highest BCUT2D eigenvalue weighted by Gasteiger charge is 2.26. The number of nitrogens with two attached hydrogens (primary N) is 1. The van der Waals surface area contributed by atoms with Crippen molar-refractivity contribution < 1.29 is 19.1 Å². The summed E-state index contributed by atoms with van der Waals surface area (Å²) >= 11 is 0. The zero-order valence-electron chi connectivity index (χ0n) is 23.3. The van der Waals surface area contributed by atoms with Gasteiger partial charge in [-0.3, -0.25) is 19.2 Å². The summed E-state index contributed by atoms with van der Waals surface area (Å²) < 4.78 is 15.1. The number of allylic oxidation sites excluding steroid dienone is 4. The molecule has 0 radical (unpaired) electrons. The van der Waals surface area contributed by atoms with Crippen LogP contribution >= 0.6 is 0 Å². The number of amides is 2. The SMILES string of the molecule is C=C/C(F)=C\C=C1/CC(=O)N(c2cccc(-c3ccc(C(N)=O)c(NCc4cnn(C)c4)c3C(C)C)c2CO)C=N1. The molecule has 4 rings (SSSR count). The van der Waals surface area contributed by atoms with Crippen LogP contribution in [0.5, 0.6) is 0 Å². The van der Waals surface area contributed by atoms with Crippen LogP contribution in [0, 0.1) is 0 Å². The van der Waals surface area contributed by atoms with Crippen molar-refractivity contribution >= 4 is 29.5 Å². The Labute approximate surface area is 238 Å². The second-order valence-corrected chi connectivity index (χ2v) is 9.90. The van der Waals surface area contributed by atoms with E-state index in [4.69, 9.17) is 5.73 Å². The van der Waals surface area contributed by atoms with Crippen LogP contribution in [0.15, 0.2) is 84.0 Å². The van der Waals surface area contributed by atoms with Gasteiger partial charge in [-0.1, -0.05) is 38.6 Å². The minimum Gasteiger partial charge on any atom is -0.392 e. The van der Waals surface area contributed by atoms with E-state index in [1.165, 1.54) is 23.4 Å². The van der Waals surface area contributed by atoms with E-state index in [1.807, 2.05) is 39.2 Å². The number of benzene rings is 2. The second kappa shape index (κ2) is 12.6. The van der Waals surface area contributed by atoms with Gasteiger partial charge in [0.2, 0.25) is 5.91 Å². The lowest BCUT2D eigenvalue weighted by molar-refractivity contribution is -0.117. The van der Waals surface area contributed by atoms with Gasteiger partial charge in [-0.2, -0.15) is 5.10 Å². The van der Waals surface area contributed by atoms with E-state index < -0.39 is 11.7 Å². The highest BCUT2D eigenvalue weighted by Crippen LogP contribution is 2.41. The normalized spacial score (nSPS) is 14.7. The number of nitrogens with zero attached hydrogens (tertiary/aromatic N) is 4. The van der Waals surface area contributed by atoms with E-state index in [1.54, 1.807) is 29.1 Å². The fourth-order valence-electron chi connectivity index (χ4n) is 4.85. The van der Waals surface area contributed by atoms with Crippen LogP contribution in [0.4, 0.5) is 15.8 Å². The smallest absolute Gasteiger partial charge is 0.250 e. The van der Waals surface area contributed by atoms with E-state index in [0.717, 1.165) is 22.8 Å². The molecule has 10 heteroatoms. The van der Waals surface area contributed by atoms with E-state index >= 15 is 0 Å². The molecule has 0 saturated heterocycles. The van der Waals surface area contributed by atoms with Gasteiger partial charge < -0.3 is 16.2 Å². The van der Waals surface area contributed by atoms with Gasteiger partial charge in [-0.15, -0.1) is 0 Å². The van der Waals surface area contributed by atoms with Crippen molar-refractivity contribution in [1.29, 1.82) is 0 Å². The van der Waals surface area contributed by atoms with Crippen molar-refractivity contribution in [2.45, 2.75) is 39.3 Å². The lowest BCUT2D eigenvalue weighted by Crippen LogP contribution is -2.33. The largest absolute Gasteiger partial charge is 0.392 e. The number of aromatic nitrogens is 2. The van der Waals surface area contributed by atoms with Crippen molar-refractivity contribution in [2.75, 3.05) is 10.2 Å². The Morgan fingerprint density at radius 3 is 2.66 bits per heavy atom. The zero-order chi connectivity index (χ0) is 29.7. The Balaban J connectivity index is 1.81. The molecule has 0 fully saturated rings. The van der Waals surface area contributed by atoms with Crippen LogP contribution in [0.1, 0.15) is 53.2 Å². The van der Waals surface area contributed by atoms with Gasteiger partial charge in [0, 0.05) is 30.9 Å². The molecule has 0 aliphatic carbocycles. The number of aliphatic hydroxyl groups excluding tert-OH is 1. The predicted molar refractivity (Wildman–Crippen MR) is 159 cm³/mol. The average molecular weight is 557 g/mol. The Kier molecular flexibility index (Phi) is 8.94. The second-order valence-electron chi connectivity index (χ2n) is 9.90. The molecular weight excluding hydrogens is 523 g/mol. The summed E-state index contributed by atoms with van der Waals surface area (Å²) in [6.45, 7) is 7.46. The van der Waals surface area contributed by atoms with Crippen LogP contribution < -0.4 is 16.0 Å². The first-order valence-corrected chi connectivity index (χ1v) is 13.1. The molecular formula is C31H33FN6O3. The van der Waals surface area contributed by atoms with Crippen molar-refractivity contribution in [3.63, 3.8) is 0 Å². The summed E-state index contributed by atoms with van der Waals surface area (Å²) in [5.74, 6) is -1.41. The van der Waals surface area contributed by atoms with E-state index in [0.29, 0.717) is 40.3 Å². The molecule has 2 heterocycles. The Bertz CT molecular complexity index is 1580. The van der Waals surface area contributed by atoms with Gasteiger partial charge in [-0.05, 0) is 53.0 Å². The molecule has 3 aromatic rings. The highest BCUT2D eigenvalue weighted by molar-refractivity contribution is 6.12. The summed E-state index contributed by atoms with van der Waals surface area (Å²) in [6.07, 6.45) is 8.65. The number of rotatable bonds is 10. The number of hydrogen-bond acceptors (Lipinski definition) is 6. The number of aliphatic imine (C=N–C) groups is 1. The molecule has 0 bridgehead atoms. The molecule has 1 aliphatic rings. The number of primary amides is 1. The molecule has 41 heavy (non-hydrogen) atoms. The predicted octanol–water partition coefficient (Wildman–Crippen LogP) is 5.10. The summed E-state index contributed by atoms with van der Waals surface area (Å²) in [7, 11) is 1.83. The number of carbonyl (C=O) groups is 2. The van der Waals surface area contributed by atoms with Gasteiger partial charge >= 0.3 is 0 Å². The van der Waals surface area contributed by atoms with Gasteiger partial charge in [0.15, 0.2) is 0 Å². The third kappa shape index (κ3) is 6.33. The van der Waals surface area contributed by atoms with Gasteiger partial charge in [0.05, 0.1) is 41.9 Å². The summed E-state index contributed by atoms with van der Waals surface area (Å²) in [4.78, 5) is 31.3. The molecule has 9 nitrogen and oxygen atoms in total. The average Bonchev–Trinajstić information content (AvgIpc) is 3.38. The maximum Gasteiger partial charge on any atom is 0.250 e. The number of hydrogen-bond donors (Lipinski definition) is 3. The maximum atomic E-state index is 13.4. The summed E-state index contributed by atoms with van der Waals surface area (Å²) in [5, 5.41) is 18.1.